The van der Waals surface area contributed by atoms with Crippen molar-refractivity contribution in [2.45, 2.75) is 32.7 Å². The van der Waals surface area contributed by atoms with Crippen molar-refractivity contribution in [3.05, 3.63) is 34.5 Å². The maximum Gasteiger partial charge on any atom is 0.138 e. The Hall–Kier alpha value is -0.990. The van der Waals surface area contributed by atoms with E-state index in [1.165, 1.54) is 0 Å². The van der Waals surface area contributed by atoms with Gasteiger partial charge in [0.25, 0.3) is 0 Å². The molecule has 0 fully saturated rings. The number of halogens is 1. The maximum absolute atomic E-state index is 6.19. The predicted octanol–water partition coefficient (Wildman–Crippen LogP) is 4.46. The van der Waals surface area contributed by atoms with E-state index in [1.54, 1.807) is 0 Å². The number of hydrogen-bond acceptors (Lipinski definition) is 2. The Morgan fingerprint density at radius 1 is 1.41 bits per heavy atom. The molecule has 0 bridgehead atoms. The summed E-state index contributed by atoms with van der Waals surface area (Å²) in [5.74, 6) is 0.973. The monoisotopic (exact) mass is 251 g/mol. The summed E-state index contributed by atoms with van der Waals surface area (Å²) in [7, 11) is 1.96. The average molecular weight is 252 g/mol. The van der Waals surface area contributed by atoms with E-state index in [0.29, 0.717) is 0 Å². The molecule has 3 heteroatoms. The van der Waals surface area contributed by atoms with Gasteiger partial charge in [-0.15, -0.1) is 0 Å². The highest BCUT2D eigenvalue weighted by Crippen LogP contribution is 2.32. The van der Waals surface area contributed by atoms with Crippen molar-refractivity contribution < 1.29 is 4.42 Å². The zero-order valence-corrected chi connectivity index (χ0v) is 11.3. The minimum Gasteiger partial charge on any atom is -0.459 e. The molecular weight excluding hydrogens is 234 g/mol. The molecule has 1 N–H and O–H groups in total. The van der Waals surface area contributed by atoms with Gasteiger partial charge in [-0.25, -0.2) is 0 Å². The largest absolute Gasteiger partial charge is 0.459 e. The Kier molecular flexibility index (Phi) is 3.75. The Labute approximate surface area is 107 Å². The molecule has 92 valence electrons. The van der Waals surface area contributed by atoms with Crippen LogP contribution in [-0.4, -0.2) is 7.05 Å². The molecule has 0 aliphatic rings. The first kappa shape index (κ1) is 12.5. The summed E-state index contributed by atoms with van der Waals surface area (Å²) in [5.41, 5.74) is 2.03. The summed E-state index contributed by atoms with van der Waals surface area (Å²) in [6.45, 7) is 4.21. The topological polar surface area (TPSA) is 25.2 Å². The number of hydrogen-bond donors (Lipinski definition) is 1. The standard InChI is InChI=1S/C14H18ClNO/c1-4-5-12(16-3)13-8-10-11(15)7-6-9(2)14(10)17-13/h6-8,12,16H,4-5H2,1-3H3. The number of rotatable bonds is 4. The van der Waals surface area contributed by atoms with E-state index in [-0.39, 0.29) is 6.04 Å². The molecule has 1 atom stereocenters. The van der Waals surface area contributed by atoms with Gasteiger partial charge in [0.05, 0.1) is 11.1 Å². The fourth-order valence-corrected chi connectivity index (χ4v) is 2.34. The zero-order valence-electron chi connectivity index (χ0n) is 10.5. The molecule has 17 heavy (non-hydrogen) atoms. The molecule has 0 spiro atoms. The van der Waals surface area contributed by atoms with Crippen molar-refractivity contribution in [3.63, 3.8) is 0 Å². The number of benzene rings is 1. The van der Waals surface area contributed by atoms with Crippen LogP contribution < -0.4 is 5.32 Å². The summed E-state index contributed by atoms with van der Waals surface area (Å²) in [4.78, 5) is 0. The van der Waals surface area contributed by atoms with Gasteiger partial charge < -0.3 is 9.73 Å². The van der Waals surface area contributed by atoms with Crippen molar-refractivity contribution >= 4 is 22.6 Å². The van der Waals surface area contributed by atoms with Crippen LogP contribution in [0, 0.1) is 6.92 Å². The normalized spacial score (nSPS) is 13.2. The van der Waals surface area contributed by atoms with Crippen LogP contribution in [0.1, 0.15) is 37.1 Å². The van der Waals surface area contributed by atoms with Crippen molar-refractivity contribution in [2.24, 2.45) is 0 Å². The Balaban J connectivity index is 2.50. The lowest BCUT2D eigenvalue weighted by Gasteiger charge is -2.11. The van der Waals surface area contributed by atoms with Crippen LogP contribution in [0.3, 0.4) is 0 Å². The van der Waals surface area contributed by atoms with Crippen molar-refractivity contribution in [1.82, 2.24) is 5.32 Å². The van der Waals surface area contributed by atoms with Crippen LogP contribution in [0.25, 0.3) is 11.0 Å². The molecule has 1 aromatic heterocycles. The van der Waals surface area contributed by atoms with Crippen molar-refractivity contribution in [3.8, 4) is 0 Å². The molecule has 0 saturated carbocycles. The fourth-order valence-electron chi connectivity index (χ4n) is 2.13. The number of fused-ring (bicyclic) bond motifs is 1. The SMILES string of the molecule is CCCC(NC)c1cc2c(Cl)ccc(C)c2o1. The van der Waals surface area contributed by atoms with E-state index in [0.717, 1.165) is 40.2 Å². The number of furan rings is 1. The molecule has 0 aliphatic carbocycles. The lowest BCUT2D eigenvalue weighted by atomic mass is 10.1. The summed E-state index contributed by atoms with van der Waals surface area (Å²) in [6, 6.07) is 6.24. The molecule has 0 amide bonds. The van der Waals surface area contributed by atoms with Crippen LogP contribution in [0.2, 0.25) is 5.02 Å². The third-order valence-electron chi connectivity index (χ3n) is 3.12. The second-order valence-electron chi connectivity index (χ2n) is 4.39. The molecule has 0 aliphatic heterocycles. The highest BCUT2D eigenvalue weighted by Gasteiger charge is 2.15. The first-order valence-electron chi connectivity index (χ1n) is 6.03. The van der Waals surface area contributed by atoms with Crippen molar-refractivity contribution in [2.75, 3.05) is 7.05 Å². The molecule has 2 nitrogen and oxygen atoms in total. The second kappa shape index (κ2) is 5.11. The number of aryl methyl sites for hydroxylation is 1. The first-order chi connectivity index (χ1) is 8.17. The Morgan fingerprint density at radius 2 is 2.18 bits per heavy atom. The summed E-state index contributed by atoms with van der Waals surface area (Å²) < 4.78 is 5.94. The van der Waals surface area contributed by atoms with Gasteiger partial charge in [-0.3, -0.25) is 0 Å². The second-order valence-corrected chi connectivity index (χ2v) is 4.79. The molecule has 1 aromatic carbocycles. The molecule has 0 saturated heterocycles. The van der Waals surface area contributed by atoms with E-state index < -0.39 is 0 Å². The summed E-state index contributed by atoms with van der Waals surface area (Å²) >= 11 is 6.19. The lowest BCUT2D eigenvalue weighted by molar-refractivity contribution is 0.429. The zero-order chi connectivity index (χ0) is 12.4. The third-order valence-corrected chi connectivity index (χ3v) is 3.45. The van der Waals surface area contributed by atoms with Gasteiger partial charge in [0.1, 0.15) is 11.3 Å². The molecule has 1 heterocycles. The molecule has 0 radical (unpaired) electrons. The van der Waals surface area contributed by atoms with Crippen LogP contribution in [0.4, 0.5) is 0 Å². The highest BCUT2D eigenvalue weighted by molar-refractivity contribution is 6.35. The van der Waals surface area contributed by atoms with Gasteiger partial charge in [-0.2, -0.15) is 0 Å². The Bertz CT molecular complexity index is 479. The van der Waals surface area contributed by atoms with E-state index in [1.807, 2.05) is 26.1 Å². The van der Waals surface area contributed by atoms with Crippen LogP contribution >= 0.6 is 11.6 Å². The Morgan fingerprint density at radius 3 is 2.76 bits per heavy atom. The van der Waals surface area contributed by atoms with Gasteiger partial charge in [-0.1, -0.05) is 31.0 Å². The van der Waals surface area contributed by atoms with Crippen molar-refractivity contribution in [1.29, 1.82) is 0 Å². The number of nitrogens with one attached hydrogen (secondary N) is 1. The van der Waals surface area contributed by atoms with Gasteiger partial charge in [0.2, 0.25) is 0 Å². The van der Waals surface area contributed by atoms with E-state index in [4.69, 9.17) is 16.0 Å². The maximum atomic E-state index is 6.19. The molecule has 2 rings (SSSR count). The smallest absolute Gasteiger partial charge is 0.138 e. The van der Waals surface area contributed by atoms with Gasteiger partial charge in [0.15, 0.2) is 0 Å². The van der Waals surface area contributed by atoms with Gasteiger partial charge in [-0.05, 0) is 38.1 Å². The summed E-state index contributed by atoms with van der Waals surface area (Å²) in [6.07, 6.45) is 2.18. The molecular formula is C14H18ClNO. The van der Waals surface area contributed by atoms with E-state index in [2.05, 4.69) is 18.3 Å². The van der Waals surface area contributed by atoms with Crippen LogP contribution in [0.15, 0.2) is 22.6 Å². The van der Waals surface area contributed by atoms with E-state index in [9.17, 15) is 0 Å². The fraction of sp³-hybridized carbons (Fsp3) is 0.429. The van der Waals surface area contributed by atoms with Gasteiger partial charge in [0, 0.05) is 5.39 Å². The quantitative estimate of drug-likeness (QED) is 0.868. The van der Waals surface area contributed by atoms with E-state index >= 15 is 0 Å². The minimum atomic E-state index is 0.267. The highest BCUT2D eigenvalue weighted by atomic mass is 35.5. The average Bonchev–Trinajstić information content (AvgIpc) is 2.77. The predicted molar refractivity (Wildman–Crippen MR) is 72.7 cm³/mol. The lowest BCUT2D eigenvalue weighted by Crippen LogP contribution is -2.15. The molecule has 2 aromatic rings. The molecule has 1 unspecified atom stereocenters. The summed E-state index contributed by atoms with van der Waals surface area (Å²) in [5, 5.41) is 5.05. The first-order valence-corrected chi connectivity index (χ1v) is 6.41. The van der Waals surface area contributed by atoms with Crippen LogP contribution in [0.5, 0.6) is 0 Å². The third kappa shape index (κ3) is 2.33. The van der Waals surface area contributed by atoms with Crippen LogP contribution in [-0.2, 0) is 0 Å². The van der Waals surface area contributed by atoms with Gasteiger partial charge >= 0.3 is 0 Å². The minimum absolute atomic E-state index is 0.267.